The quantitative estimate of drug-likeness (QED) is 0.739. The summed E-state index contributed by atoms with van der Waals surface area (Å²) in [4.78, 5) is 16.0. The lowest BCUT2D eigenvalue weighted by atomic mass is 10.2. The molecule has 0 saturated heterocycles. The van der Waals surface area contributed by atoms with Crippen molar-refractivity contribution in [1.82, 2.24) is 4.98 Å². The Hall–Kier alpha value is -1.48. The number of hydrogen-bond acceptors (Lipinski definition) is 3. The molecule has 0 bridgehead atoms. The fraction of sp³-hybridized carbons (Fsp3) is 0.167. The average molecular weight is 217 g/mol. The number of carbonyl (C=O) groups excluding carboxylic acids is 1. The Morgan fingerprint density at radius 1 is 1.33 bits per heavy atom. The monoisotopic (exact) mass is 217 g/mol. The molecule has 76 valence electrons. The van der Waals surface area contributed by atoms with Gasteiger partial charge in [0, 0.05) is 22.6 Å². The first kappa shape index (κ1) is 10.1. The molecule has 1 atom stereocenters. The number of rotatable bonds is 3. The summed E-state index contributed by atoms with van der Waals surface area (Å²) in [6.45, 7) is 1.88. The highest BCUT2D eigenvalue weighted by molar-refractivity contribution is 7.15. The molecule has 0 fully saturated rings. The Morgan fingerprint density at radius 2 is 2.07 bits per heavy atom. The summed E-state index contributed by atoms with van der Waals surface area (Å²) in [5, 5.41) is 0.972. The van der Waals surface area contributed by atoms with Crippen LogP contribution in [0.5, 0.6) is 0 Å². The van der Waals surface area contributed by atoms with Crippen molar-refractivity contribution in [2.45, 2.75) is 12.8 Å². The third-order valence-electron chi connectivity index (χ3n) is 2.20. The van der Waals surface area contributed by atoms with E-state index >= 15 is 0 Å². The van der Waals surface area contributed by atoms with E-state index in [1.165, 1.54) is 0 Å². The summed E-state index contributed by atoms with van der Waals surface area (Å²) >= 11 is 1.58. The van der Waals surface area contributed by atoms with E-state index in [0.29, 0.717) is 0 Å². The summed E-state index contributed by atoms with van der Waals surface area (Å²) < 4.78 is 0. The van der Waals surface area contributed by atoms with Crippen LogP contribution in [0.15, 0.2) is 36.5 Å². The van der Waals surface area contributed by atoms with Crippen molar-refractivity contribution in [1.29, 1.82) is 0 Å². The number of benzene rings is 1. The van der Waals surface area contributed by atoms with Gasteiger partial charge in [-0.2, -0.15) is 0 Å². The van der Waals surface area contributed by atoms with Crippen LogP contribution in [0.4, 0.5) is 0 Å². The first-order chi connectivity index (χ1) is 7.31. The fourth-order valence-electron chi connectivity index (χ4n) is 1.28. The highest BCUT2D eigenvalue weighted by atomic mass is 32.1. The number of aromatic nitrogens is 1. The molecule has 15 heavy (non-hydrogen) atoms. The lowest BCUT2D eigenvalue weighted by Gasteiger charge is -1.96. The molecule has 0 aliphatic heterocycles. The predicted molar refractivity (Wildman–Crippen MR) is 62.0 cm³/mol. The Balaban J connectivity index is 2.32. The molecular weight excluding hydrogens is 206 g/mol. The van der Waals surface area contributed by atoms with E-state index < -0.39 is 0 Å². The Kier molecular flexibility index (Phi) is 2.92. The van der Waals surface area contributed by atoms with Crippen LogP contribution < -0.4 is 0 Å². The van der Waals surface area contributed by atoms with Gasteiger partial charge < -0.3 is 4.79 Å². The van der Waals surface area contributed by atoms with Crippen molar-refractivity contribution in [3.05, 3.63) is 41.4 Å². The van der Waals surface area contributed by atoms with Gasteiger partial charge >= 0.3 is 0 Å². The molecular formula is C12H11NOS. The lowest BCUT2D eigenvalue weighted by molar-refractivity contribution is -0.108. The van der Waals surface area contributed by atoms with E-state index in [0.717, 1.165) is 21.7 Å². The van der Waals surface area contributed by atoms with Crippen molar-refractivity contribution in [3.8, 4) is 10.6 Å². The van der Waals surface area contributed by atoms with E-state index in [9.17, 15) is 4.79 Å². The Morgan fingerprint density at radius 3 is 2.73 bits per heavy atom. The molecule has 0 radical (unpaired) electrons. The molecule has 3 heteroatoms. The molecule has 0 saturated carbocycles. The maximum absolute atomic E-state index is 10.6. The van der Waals surface area contributed by atoms with Crippen LogP contribution in [0.3, 0.4) is 0 Å². The lowest BCUT2D eigenvalue weighted by Crippen LogP contribution is -1.88. The second-order valence-electron chi connectivity index (χ2n) is 3.36. The van der Waals surface area contributed by atoms with E-state index in [1.807, 2.05) is 37.3 Å². The van der Waals surface area contributed by atoms with Gasteiger partial charge in [0.15, 0.2) is 0 Å². The van der Waals surface area contributed by atoms with Crippen LogP contribution in [0.25, 0.3) is 10.6 Å². The molecule has 0 amide bonds. The molecule has 2 nitrogen and oxygen atoms in total. The normalized spacial score (nSPS) is 12.3. The van der Waals surface area contributed by atoms with Gasteiger partial charge in [-0.25, -0.2) is 4.98 Å². The fourth-order valence-corrected chi connectivity index (χ4v) is 2.21. The van der Waals surface area contributed by atoms with Gasteiger partial charge in [0.1, 0.15) is 11.3 Å². The number of carbonyl (C=O) groups is 1. The largest absolute Gasteiger partial charge is 0.303 e. The van der Waals surface area contributed by atoms with Gasteiger partial charge in [-0.05, 0) is 0 Å². The summed E-state index contributed by atoms with van der Waals surface area (Å²) in [5.74, 6) is -0.0556. The van der Waals surface area contributed by atoms with Gasteiger partial charge in [0.05, 0.1) is 0 Å². The van der Waals surface area contributed by atoms with Crippen LogP contribution >= 0.6 is 11.3 Å². The number of hydrogen-bond donors (Lipinski definition) is 0. The zero-order valence-electron chi connectivity index (χ0n) is 8.38. The van der Waals surface area contributed by atoms with Gasteiger partial charge in [-0.3, -0.25) is 0 Å². The first-order valence-corrected chi connectivity index (χ1v) is 5.59. The van der Waals surface area contributed by atoms with E-state index in [-0.39, 0.29) is 5.92 Å². The molecule has 1 unspecified atom stereocenters. The van der Waals surface area contributed by atoms with Crippen molar-refractivity contribution in [2.24, 2.45) is 0 Å². The maximum Gasteiger partial charge on any atom is 0.128 e. The summed E-state index contributed by atoms with van der Waals surface area (Å²) in [7, 11) is 0. The zero-order chi connectivity index (χ0) is 10.7. The summed E-state index contributed by atoms with van der Waals surface area (Å²) in [6, 6.07) is 9.99. The van der Waals surface area contributed by atoms with Gasteiger partial charge in [0.2, 0.25) is 0 Å². The molecule has 1 heterocycles. The highest BCUT2D eigenvalue weighted by Gasteiger charge is 2.09. The minimum atomic E-state index is -0.0556. The molecule has 0 N–H and O–H groups in total. The number of aldehydes is 1. The molecule has 0 aliphatic rings. The third kappa shape index (κ3) is 2.13. The van der Waals surface area contributed by atoms with Crippen LogP contribution in [-0.4, -0.2) is 11.3 Å². The molecule has 2 rings (SSSR count). The highest BCUT2D eigenvalue weighted by Crippen LogP contribution is 2.28. The van der Waals surface area contributed by atoms with Gasteiger partial charge in [-0.1, -0.05) is 37.3 Å². The average Bonchev–Trinajstić information content (AvgIpc) is 2.78. The Labute approximate surface area is 92.6 Å². The van der Waals surface area contributed by atoms with Crippen molar-refractivity contribution < 1.29 is 4.79 Å². The minimum absolute atomic E-state index is 0.0556. The van der Waals surface area contributed by atoms with Gasteiger partial charge in [-0.15, -0.1) is 11.3 Å². The van der Waals surface area contributed by atoms with Crippen LogP contribution in [-0.2, 0) is 4.79 Å². The maximum atomic E-state index is 10.6. The van der Waals surface area contributed by atoms with Gasteiger partial charge in [0.25, 0.3) is 0 Å². The number of thiazole rings is 1. The number of nitrogens with zero attached hydrogens (tertiary/aromatic N) is 1. The molecule has 0 spiro atoms. The summed E-state index contributed by atoms with van der Waals surface area (Å²) in [6.07, 6.45) is 2.73. The van der Waals surface area contributed by atoms with Crippen LogP contribution in [0.2, 0.25) is 0 Å². The second-order valence-corrected chi connectivity index (χ2v) is 4.42. The second kappa shape index (κ2) is 4.36. The third-order valence-corrected chi connectivity index (χ3v) is 3.44. The topological polar surface area (TPSA) is 30.0 Å². The zero-order valence-corrected chi connectivity index (χ0v) is 9.20. The molecule has 0 aliphatic carbocycles. The molecule has 1 aromatic heterocycles. The Bertz CT molecular complexity index is 450. The molecule has 2 aromatic rings. The molecule has 1 aromatic carbocycles. The van der Waals surface area contributed by atoms with Crippen LogP contribution in [0, 0.1) is 0 Å². The summed E-state index contributed by atoms with van der Waals surface area (Å²) in [5.41, 5.74) is 1.10. The first-order valence-electron chi connectivity index (χ1n) is 4.77. The minimum Gasteiger partial charge on any atom is -0.303 e. The predicted octanol–water partition coefficient (Wildman–Crippen LogP) is 3.11. The SMILES string of the molecule is CC(C=O)c1cnc(-c2ccccc2)s1. The van der Waals surface area contributed by atoms with E-state index in [4.69, 9.17) is 0 Å². The van der Waals surface area contributed by atoms with E-state index in [2.05, 4.69) is 4.98 Å². The smallest absolute Gasteiger partial charge is 0.128 e. The van der Waals surface area contributed by atoms with Crippen molar-refractivity contribution in [2.75, 3.05) is 0 Å². The van der Waals surface area contributed by atoms with Crippen LogP contribution in [0.1, 0.15) is 17.7 Å². The van der Waals surface area contributed by atoms with E-state index in [1.54, 1.807) is 17.5 Å². The van der Waals surface area contributed by atoms with Crippen molar-refractivity contribution in [3.63, 3.8) is 0 Å². The standard InChI is InChI=1S/C12H11NOS/c1-9(8-14)11-7-13-12(15-11)10-5-3-2-4-6-10/h2-9H,1H3. The van der Waals surface area contributed by atoms with Crippen molar-refractivity contribution >= 4 is 17.6 Å².